The zero-order valence-electron chi connectivity index (χ0n) is 14.0. The fourth-order valence-electron chi connectivity index (χ4n) is 4.46. The predicted molar refractivity (Wildman–Crippen MR) is 84.3 cm³/mol. The van der Waals surface area contributed by atoms with E-state index in [9.17, 15) is 19.8 Å². The highest BCUT2D eigenvalue weighted by molar-refractivity contribution is 5.87. The van der Waals surface area contributed by atoms with Crippen molar-refractivity contribution < 1.29 is 19.8 Å². The van der Waals surface area contributed by atoms with Crippen LogP contribution in [0.2, 0.25) is 0 Å². The molecule has 1 rings (SSSR count). The van der Waals surface area contributed by atoms with Crippen molar-refractivity contribution in [1.29, 1.82) is 0 Å². The van der Waals surface area contributed by atoms with Crippen molar-refractivity contribution in [3.05, 3.63) is 11.1 Å². The van der Waals surface area contributed by atoms with Crippen LogP contribution in [0.4, 0.5) is 0 Å². The van der Waals surface area contributed by atoms with Crippen LogP contribution in [-0.2, 0) is 9.59 Å². The van der Waals surface area contributed by atoms with Gasteiger partial charge in [0, 0.05) is 17.6 Å². The molecule has 0 aromatic rings. The minimum absolute atomic E-state index is 0.0373. The Balaban J connectivity index is 3.44. The third-order valence-electron chi connectivity index (χ3n) is 4.68. The normalized spacial score (nSPS) is 28.5. The lowest BCUT2D eigenvalue weighted by Crippen LogP contribution is -2.41. The van der Waals surface area contributed by atoms with Crippen LogP contribution in [0, 0.1) is 16.7 Å². The molecule has 1 fully saturated rings. The van der Waals surface area contributed by atoms with Gasteiger partial charge in [-0.25, -0.2) is 14.6 Å². The quantitative estimate of drug-likeness (QED) is 0.448. The number of carboxylic acids is 1. The molecule has 0 radical (unpaired) electrons. The Hall–Kier alpha value is -1.45. The minimum atomic E-state index is -0.978. The molecule has 22 heavy (non-hydrogen) atoms. The fraction of sp³-hybridized carbons (Fsp3) is 0.765. The van der Waals surface area contributed by atoms with Crippen LogP contribution in [-0.4, -0.2) is 35.4 Å². The van der Waals surface area contributed by atoms with Crippen molar-refractivity contribution in [2.24, 2.45) is 21.7 Å². The van der Waals surface area contributed by atoms with Crippen molar-refractivity contribution in [2.75, 3.05) is 13.2 Å². The number of carbonyl (C=O) groups excluding carboxylic acids is 1. The van der Waals surface area contributed by atoms with E-state index >= 15 is 0 Å². The van der Waals surface area contributed by atoms with Crippen molar-refractivity contribution in [3.8, 4) is 0 Å². The largest absolute Gasteiger partial charge is 0.478 e. The molecule has 2 N–H and O–H groups in total. The summed E-state index contributed by atoms with van der Waals surface area (Å²) in [4.78, 5) is 25.9. The number of aliphatic imine (C=N–C) groups is 1. The van der Waals surface area contributed by atoms with Crippen molar-refractivity contribution in [2.45, 2.75) is 53.4 Å². The molecule has 2 atom stereocenters. The van der Waals surface area contributed by atoms with Crippen molar-refractivity contribution >= 4 is 12.0 Å². The average molecular weight is 309 g/mol. The molecular formula is C17H27NO4. The van der Waals surface area contributed by atoms with E-state index in [-0.39, 0.29) is 24.1 Å². The molecule has 0 aliphatic heterocycles. The Bertz CT molecular complexity index is 503. The Morgan fingerprint density at radius 2 is 2.00 bits per heavy atom. The molecule has 0 spiro atoms. The molecule has 0 aromatic carbocycles. The molecule has 0 amide bonds. The summed E-state index contributed by atoms with van der Waals surface area (Å²) in [5, 5.41) is 18.8. The highest BCUT2D eigenvalue weighted by atomic mass is 16.4. The van der Waals surface area contributed by atoms with Gasteiger partial charge in [0.25, 0.3) is 0 Å². The summed E-state index contributed by atoms with van der Waals surface area (Å²) in [5.41, 5.74) is 0.542. The first-order valence-electron chi connectivity index (χ1n) is 7.75. The number of aliphatic hydroxyl groups is 1. The summed E-state index contributed by atoms with van der Waals surface area (Å²) >= 11 is 0. The van der Waals surface area contributed by atoms with Crippen LogP contribution in [0.25, 0.3) is 0 Å². The first-order valence-corrected chi connectivity index (χ1v) is 7.75. The van der Waals surface area contributed by atoms with Crippen LogP contribution in [0.3, 0.4) is 0 Å². The van der Waals surface area contributed by atoms with Gasteiger partial charge >= 0.3 is 5.97 Å². The number of aliphatic carboxylic acids is 1. The van der Waals surface area contributed by atoms with E-state index in [0.717, 1.165) is 24.8 Å². The van der Waals surface area contributed by atoms with Gasteiger partial charge in [0.15, 0.2) is 0 Å². The van der Waals surface area contributed by atoms with Gasteiger partial charge in [0.05, 0.1) is 6.54 Å². The molecule has 0 saturated heterocycles. The minimum Gasteiger partial charge on any atom is -0.478 e. The fourth-order valence-corrected chi connectivity index (χ4v) is 4.46. The van der Waals surface area contributed by atoms with Gasteiger partial charge in [-0.2, -0.15) is 0 Å². The molecule has 5 heteroatoms. The SMILES string of the molecule is CC(C(=O)O)=C(CCO)C1(CN=C=O)CC(C)CC(C)(C)C1. The summed E-state index contributed by atoms with van der Waals surface area (Å²) in [6.07, 6.45) is 4.48. The lowest BCUT2D eigenvalue weighted by Gasteiger charge is -2.48. The molecule has 1 aliphatic carbocycles. The van der Waals surface area contributed by atoms with Gasteiger partial charge in [-0.15, -0.1) is 0 Å². The molecule has 0 aromatic heterocycles. The van der Waals surface area contributed by atoms with Crippen molar-refractivity contribution in [3.63, 3.8) is 0 Å². The summed E-state index contributed by atoms with van der Waals surface area (Å²) in [6, 6.07) is 0. The van der Waals surface area contributed by atoms with Gasteiger partial charge in [-0.3, -0.25) is 0 Å². The van der Waals surface area contributed by atoms with E-state index in [1.807, 2.05) is 0 Å². The third-order valence-corrected chi connectivity index (χ3v) is 4.68. The first kappa shape index (κ1) is 18.6. The first-order chi connectivity index (χ1) is 10.2. The number of aliphatic hydroxyl groups excluding tert-OH is 1. The maximum atomic E-state index is 11.5. The van der Waals surface area contributed by atoms with E-state index in [1.165, 1.54) is 0 Å². The molecule has 5 nitrogen and oxygen atoms in total. The number of carboxylic acid groups (broad SMARTS) is 1. The van der Waals surface area contributed by atoms with Crippen LogP contribution in [0.15, 0.2) is 16.1 Å². The predicted octanol–water partition coefficient (Wildman–Crippen LogP) is 2.94. The second-order valence-electron chi connectivity index (χ2n) is 7.42. The van der Waals surface area contributed by atoms with E-state index in [1.54, 1.807) is 13.0 Å². The smallest absolute Gasteiger partial charge is 0.331 e. The summed E-state index contributed by atoms with van der Waals surface area (Å²) in [6.45, 7) is 8.17. The van der Waals surface area contributed by atoms with Crippen molar-refractivity contribution in [1.82, 2.24) is 0 Å². The van der Waals surface area contributed by atoms with Crippen LogP contribution >= 0.6 is 0 Å². The molecule has 0 heterocycles. The standard InChI is InChI=1S/C17H27NO4/c1-12-7-16(3,4)9-17(8-12,10-18-11-20)14(5-6-19)13(2)15(21)22/h12,19H,5-10H2,1-4H3,(H,21,22). The Kier molecular flexibility index (Phi) is 6.09. The summed E-state index contributed by atoms with van der Waals surface area (Å²) in [7, 11) is 0. The van der Waals surface area contributed by atoms with Gasteiger partial charge in [0.2, 0.25) is 6.08 Å². The monoisotopic (exact) mass is 309 g/mol. The Morgan fingerprint density at radius 1 is 1.36 bits per heavy atom. The average Bonchev–Trinajstić information content (AvgIpc) is 2.39. The Labute approximate surface area is 132 Å². The van der Waals surface area contributed by atoms with Crippen LogP contribution < -0.4 is 0 Å². The molecule has 124 valence electrons. The van der Waals surface area contributed by atoms with E-state index in [4.69, 9.17) is 0 Å². The number of carbonyl (C=O) groups is 1. The summed E-state index contributed by atoms with van der Waals surface area (Å²) in [5.74, 6) is -0.574. The number of isocyanates is 1. The second-order valence-corrected chi connectivity index (χ2v) is 7.42. The van der Waals surface area contributed by atoms with Gasteiger partial charge in [-0.05, 0) is 49.5 Å². The number of nitrogens with zero attached hydrogens (tertiary/aromatic N) is 1. The maximum absolute atomic E-state index is 11.5. The number of hydrogen-bond acceptors (Lipinski definition) is 4. The van der Waals surface area contributed by atoms with E-state index in [2.05, 4.69) is 25.8 Å². The summed E-state index contributed by atoms with van der Waals surface area (Å²) < 4.78 is 0. The second kappa shape index (κ2) is 7.21. The van der Waals surface area contributed by atoms with Crippen LogP contribution in [0.5, 0.6) is 0 Å². The Morgan fingerprint density at radius 3 is 2.45 bits per heavy atom. The van der Waals surface area contributed by atoms with E-state index in [0.29, 0.717) is 12.3 Å². The number of rotatable bonds is 6. The lowest BCUT2D eigenvalue weighted by atomic mass is 9.56. The highest BCUT2D eigenvalue weighted by Crippen LogP contribution is 2.53. The van der Waals surface area contributed by atoms with Gasteiger partial charge < -0.3 is 10.2 Å². The molecule has 1 saturated carbocycles. The molecular weight excluding hydrogens is 282 g/mol. The van der Waals surface area contributed by atoms with E-state index < -0.39 is 11.4 Å². The zero-order valence-corrected chi connectivity index (χ0v) is 14.0. The number of hydrogen-bond donors (Lipinski definition) is 2. The molecule has 2 unspecified atom stereocenters. The van der Waals surface area contributed by atoms with Crippen LogP contribution in [0.1, 0.15) is 53.4 Å². The third kappa shape index (κ3) is 4.28. The topological polar surface area (TPSA) is 87.0 Å². The lowest BCUT2D eigenvalue weighted by molar-refractivity contribution is -0.132. The zero-order chi connectivity index (χ0) is 17.0. The molecule has 0 bridgehead atoms. The highest BCUT2D eigenvalue weighted by Gasteiger charge is 2.45. The molecule has 1 aliphatic rings. The van der Waals surface area contributed by atoms with Gasteiger partial charge in [-0.1, -0.05) is 20.8 Å². The maximum Gasteiger partial charge on any atom is 0.331 e. The van der Waals surface area contributed by atoms with Gasteiger partial charge in [0.1, 0.15) is 0 Å².